The molecule has 2 amide bonds. The van der Waals surface area contributed by atoms with E-state index in [9.17, 15) is 9.59 Å². The second-order valence-electron chi connectivity index (χ2n) is 4.71. The summed E-state index contributed by atoms with van der Waals surface area (Å²) < 4.78 is 0.896. The number of carbonyl (C=O) groups excluding carboxylic acids is 2. The molecule has 0 unspecified atom stereocenters. The first-order valence-electron chi connectivity index (χ1n) is 6.70. The minimum atomic E-state index is -0.817. The van der Waals surface area contributed by atoms with Gasteiger partial charge in [0.2, 0.25) is 0 Å². The first-order valence-corrected chi connectivity index (χ1v) is 7.49. The van der Waals surface area contributed by atoms with E-state index < -0.39 is 11.8 Å². The van der Waals surface area contributed by atoms with Crippen LogP contribution in [0.25, 0.3) is 5.70 Å². The average Bonchev–Trinajstić information content (AvgIpc) is 2.55. The van der Waals surface area contributed by atoms with Gasteiger partial charge in [0.25, 0.3) is 0 Å². The van der Waals surface area contributed by atoms with E-state index in [1.165, 1.54) is 0 Å². The zero-order valence-corrected chi connectivity index (χ0v) is 14.0. The molecule has 1 aromatic carbocycles. The number of anilines is 1. The van der Waals surface area contributed by atoms with Crippen LogP contribution >= 0.6 is 15.9 Å². The number of benzene rings is 1. The molecular formula is C16H15BrN4O2. The summed E-state index contributed by atoms with van der Waals surface area (Å²) in [6.45, 7) is 5.61. The van der Waals surface area contributed by atoms with E-state index >= 15 is 0 Å². The molecule has 7 heteroatoms. The van der Waals surface area contributed by atoms with Gasteiger partial charge in [-0.15, -0.1) is 0 Å². The SMILES string of the molecule is C=C(NNC(=O)C(=O)Nc1ccc(Br)cc1C)c1ccncc1. The summed E-state index contributed by atoms with van der Waals surface area (Å²) in [5, 5.41) is 2.55. The van der Waals surface area contributed by atoms with Crippen molar-refractivity contribution in [2.24, 2.45) is 0 Å². The molecule has 23 heavy (non-hydrogen) atoms. The molecule has 0 bridgehead atoms. The number of hydrogen-bond donors (Lipinski definition) is 3. The van der Waals surface area contributed by atoms with Crippen LogP contribution in [0, 0.1) is 6.92 Å². The number of halogens is 1. The van der Waals surface area contributed by atoms with Crippen LogP contribution in [0.5, 0.6) is 0 Å². The Kier molecular flexibility index (Phi) is 5.48. The minimum Gasteiger partial charge on any atom is -0.317 e. The minimum absolute atomic E-state index is 0.452. The van der Waals surface area contributed by atoms with Crippen LogP contribution in [-0.2, 0) is 9.59 Å². The standard InChI is InChI=1S/C16H15BrN4O2/c1-10-9-13(17)3-4-14(10)19-15(22)16(23)21-20-11(2)12-5-7-18-8-6-12/h3-9,20H,2H2,1H3,(H,19,22)(H,21,23). The normalized spacial score (nSPS) is 9.83. The fourth-order valence-electron chi connectivity index (χ4n) is 1.76. The molecule has 0 spiro atoms. The van der Waals surface area contributed by atoms with E-state index in [1.54, 1.807) is 36.7 Å². The molecule has 118 valence electrons. The molecule has 1 aromatic heterocycles. The van der Waals surface area contributed by atoms with Crippen LogP contribution in [0.4, 0.5) is 5.69 Å². The molecular weight excluding hydrogens is 360 g/mol. The number of pyridine rings is 1. The van der Waals surface area contributed by atoms with E-state index in [0.29, 0.717) is 11.4 Å². The lowest BCUT2D eigenvalue weighted by molar-refractivity contribution is -0.136. The number of hydrazine groups is 1. The summed E-state index contributed by atoms with van der Waals surface area (Å²) in [6.07, 6.45) is 3.21. The van der Waals surface area contributed by atoms with Gasteiger partial charge in [-0.25, -0.2) is 0 Å². The van der Waals surface area contributed by atoms with Gasteiger partial charge in [0, 0.05) is 28.1 Å². The molecule has 2 aromatic rings. The third kappa shape index (κ3) is 4.65. The Hall–Kier alpha value is -2.67. The Morgan fingerprint density at radius 3 is 2.43 bits per heavy atom. The van der Waals surface area contributed by atoms with Gasteiger partial charge in [-0.1, -0.05) is 22.5 Å². The van der Waals surface area contributed by atoms with Crippen molar-refractivity contribution in [2.45, 2.75) is 6.92 Å². The summed E-state index contributed by atoms with van der Waals surface area (Å²) in [6, 6.07) is 8.80. The lowest BCUT2D eigenvalue weighted by atomic mass is 10.2. The molecule has 0 aliphatic heterocycles. The van der Waals surface area contributed by atoms with Crippen molar-refractivity contribution >= 4 is 39.1 Å². The van der Waals surface area contributed by atoms with E-state index in [0.717, 1.165) is 15.6 Å². The van der Waals surface area contributed by atoms with Crippen molar-refractivity contribution in [3.63, 3.8) is 0 Å². The summed E-state index contributed by atoms with van der Waals surface area (Å²) >= 11 is 3.34. The monoisotopic (exact) mass is 374 g/mol. The maximum Gasteiger partial charge on any atom is 0.327 e. The van der Waals surface area contributed by atoms with E-state index in [-0.39, 0.29) is 0 Å². The fraction of sp³-hybridized carbons (Fsp3) is 0.0625. The van der Waals surface area contributed by atoms with E-state index in [2.05, 4.69) is 43.7 Å². The summed E-state index contributed by atoms with van der Waals surface area (Å²) in [7, 11) is 0. The average molecular weight is 375 g/mol. The van der Waals surface area contributed by atoms with Gasteiger partial charge in [-0.05, 0) is 42.8 Å². The van der Waals surface area contributed by atoms with Crippen molar-refractivity contribution in [3.05, 3.63) is 64.9 Å². The third-order valence-electron chi connectivity index (χ3n) is 3.00. The fourth-order valence-corrected chi connectivity index (χ4v) is 2.24. The Morgan fingerprint density at radius 2 is 1.78 bits per heavy atom. The van der Waals surface area contributed by atoms with Gasteiger partial charge < -0.3 is 5.32 Å². The predicted molar refractivity (Wildman–Crippen MR) is 92.1 cm³/mol. The Bertz CT molecular complexity index is 747. The van der Waals surface area contributed by atoms with Gasteiger partial charge in [-0.3, -0.25) is 25.4 Å². The molecule has 0 aliphatic rings. The Morgan fingerprint density at radius 1 is 1.09 bits per heavy atom. The molecule has 0 saturated heterocycles. The van der Waals surface area contributed by atoms with Crippen LogP contribution < -0.4 is 16.2 Å². The van der Waals surface area contributed by atoms with Crippen LogP contribution in [0.2, 0.25) is 0 Å². The maximum atomic E-state index is 11.9. The second-order valence-corrected chi connectivity index (χ2v) is 5.62. The molecule has 3 N–H and O–H groups in total. The quantitative estimate of drug-likeness (QED) is 0.566. The van der Waals surface area contributed by atoms with Crippen molar-refractivity contribution in [1.29, 1.82) is 0 Å². The predicted octanol–water partition coefficient (Wildman–Crippen LogP) is 2.38. The number of aryl methyl sites for hydroxylation is 1. The highest BCUT2D eigenvalue weighted by molar-refractivity contribution is 9.10. The summed E-state index contributed by atoms with van der Waals surface area (Å²) in [5.74, 6) is -1.59. The lowest BCUT2D eigenvalue weighted by Gasteiger charge is -2.12. The van der Waals surface area contributed by atoms with Gasteiger partial charge in [0.15, 0.2) is 0 Å². The number of amides is 2. The Labute approximate surface area is 142 Å². The maximum absolute atomic E-state index is 11.9. The number of aromatic nitrogens is 1. The lowest BCUT2D eigenvalue weighted by Crippen LogP contribution is -2.42. The molecule has 2 rings (SSSR count). The van der Waals surface area contributed by atoms with Crippen molar-refractivity contribution < 1.29 is 9.59 Å². The van der Waals surface area contributed by atoms with Crippen molar-refractivity contribution in [2.75, 3.05) is 5.32 Å². The highest BCUT2D eigenvalue weighted by atomic mass is 79.9. The van der Waals surface area contributed by atoms with Crippen molar-refractivity contribution in [3.8, 4) is 0 Å². The van der Waals surface area contributed by atoms with Crippen LogP contribution in [0.15, 0.2) is 53.8 Å². The molecule has 0 fully saturated rings. The van der Waals surface area contributed by atoms with Gasteiger partial charge >= 0.3 is 11.8 Å². The molecule has 1 heterocycles. The highest BCUT2D eigenvalue weighted by Crippen LogP contribution is 2.19. The number of hydrogen-bond acceptors (Lipinski definition) is 4. The number of carbonyl (C=O) groups is 2. The smallest absolute Gasteiger partial charge is 0.317 e. The highest BCUT2D eigenvalue weighted by Gasteiger charge is 2.14. The van der Waals surface area contributed by atoms with Gasteiger partial charge in [0.05, 0.1) is 5.70 Å². The third-order valence-corrected chi connectivity index (χ3v) is 3.49. The van der Waals surface area contributed by atoms with E-state index in [1.807, 2.05) is 13.0 Å². The number of nitrogens with one attached hydrogen (secondary N) is 3. The molecule has 0 saturated carbocycles. The second kappa shape index (κ2) is 7.55. The van der Waals surface area contributed by atoms with Crippen LogP contribution in [-0.4, -0.2) is 16.8 Å². The van der Waals surface area contributed by atoms with E-state index in [4.69, 9.17) is 0 Å². The summed E-state index contributed by atoms with van der Waals surface area (Å²) in [4.78, 5) is 27.6. The zero-order chi connectivity index (χ0) is 16.8. The van der Waals surface area contributed by atoms with Crippen molar-refractivity contribution in [1.82, 2.24) is 15.8 Å². The topological polar surface area (TPSA) is 83.1 Å². The summed E-state index contributed by atoms with van der Waals surface area (Å²) in [5.41, 5.74) is 7.52. The molecule has 6 nitrogen and oxygen atoms in total. The van der Waals surface area contributed by atoms with Crippen LogP contribution in [0.1, 0.15) is 11.1 Å². The number of rotatable bonds is 4. The number of nitrogens with zero attached hydrogens (tertiary/aromatic N) is 1. The first kappa shape index (κ1) is 16.7. The Balaban J connectivity index is 1.90. The van der Waals surface area contributed by atoms with Gasteiger partial charge in [-0.2, -0.15) is 0 Å². The molecule has 0 aliphatic carbocycles. The zero-order valence-electron chi connectivity index (χ0n) is 12.4. The first-order chi connectivity index (χ1) is 11.0. The van der Waals surface area contributed by atoms with Gasteiger partial charge in [0.1, 0.15) is 0 Å². The van der Waals surface area contributed by atoms with Crippen LogP contribution in [0.3, 0.4) is 0 Å². The molecule has 0 radical (unpaired) electrons. The molecule has 0 atom stereocenters. The largest absolute Gasteiger partial charge is 0.327 e.